The zero-order valence-electron chi connectivity index (χ0n) is 24.7. The number of nitrogens with one attached hydrogen (secondary N) is 2. The highest BCUT2D eigenvalue weighted by atomic mass is 32.2. The largest absolute Gasteiger partial charge is 0.390 e. The molecule has 12 nitrogen and oxygen atoms in total. The molecule has 4 aromatic heterocycles. The van der Waals surface area contributed by atoms with Crippen LogP contribution >= 0.6 is 0 Å². The number of aliphatic hydroxyl groups is 1. The molecule has 2 saturated carbocycles. The standard InChI is InChI=1S/C31H37N9O3S/c1-31(41)11-8-22(9-12-31)36-27-16-29(34-19-25(27)26-7-4-23(18-33-26)39-14-2-3-15-39)37-28-10-13-32-30(38-28)21-17-35-40(20-21)44(42,43)24-5-6-24/h4,7,10,13,16-20,22,24,41H,2-3,5-6,8-9,11-12,14-15H2,1H3,(H2,32,34,36,37,38). The number of nitrogens with zero attached hydrogens (tertiary/aromatic N) is 7. The van der Waals surface area contributed by atoms with Gasteiger partial charge in [-0.1, -0.05) is 0 Å². The van der Waals surface area contributed by atoms with Gasteiger partial charge in [-0.3, -0.25) is 4.98 Å². The predicted octanol–water partition coefficient (Wildman–Crippen LogP) is 4.59. The summed E-state index contributed by atoms with van der Waals surface area (Å²) in [5.74, 6) is 1.46. The lowest BCUT2D eigenvalue weighted by molar-refractivity contribution is 0.0196. The van der Waals surface area contributed by atoms with E-state index in [1.807, 2.05) is 25.4 Å². The van der Waals surface area contributed by atoms with Crippen LogP contribution in [0.4, 0.5) is 23.0 Å². The van der Waals surface area contributed by atoms with Gasteiger partial charge in [0.15, 0.2) is 5.82 Å². The summed E-state index contributed by atoms with van der Waals surface area (Å²) >= 11 is 0. The Morgan fingerprint density at radius 2 is 1.75 bits per heavy atom. The van der Waals surface area contributed by atoms with Crippen LogP contribution in [0, 0.1) is 0 Å². The van der Waals surface area contributed by atoms with Crippen molar-refractivity contribution < 1.29 is 13.5 Å². The fourth-order valence-corrected chi connectivity index (χ4v) is 7.41. The van der Waals surface area contributed by atoms with Gasteiger partial charge in [-0.15, -0.1) is 0 Å². The van der Waals surface area contributed by atoms with Gasteiger partial charge < -0.3 is 20.6 Å². The molecule has 0 aromatic carbocycles. The Kier molecular flexibility index (Phi) is 7.45. The molecule has 3 aliphatic rings. The average Bonchev–Trinajstić information content (AvgIpc) is 3.52. The van der Waals surface area contributed by atoms with Crippen molar-refractivity contribution >= 4 is 33.0 Å². The molecular formula is C31H37N9O3S. The van der Waals surface area contributed by atoms with Gasteiger partial charge >= 0.3 is 0 Å². The maximum Gasteiger partial charge on any atom is 0.256 e. The molecule has 0 amide bonds. The molecule has 3 N–H and O–H groups in total. The van der Waals surface area contributed by atoms with Crippen LogP contribution in [0.15, 0.2) is 55.2 Å². The predicted molar refractivity (Wildman–Crippen MR) is 169 cm³/mol. The second-order valence-electron chi connectivity index (χ2n) is 12.4. The highest BCUT2D eigenvalue weighted by Crippen LogP contribution is 2.35. The Morgan fingerprint density at radius 1 is 0.955 bits per heavy atom. The molecule has 4 aromatic rings. The average molecular weight is 616 g/mol. The Balaban J connectivity index is 1.14. The fraction of sp³-hybridized carbons (Fsp3) is 0.452. The number of aromatic nitrogens is 6. The van der Waals surface area contributed by atoms with Crippen LogP contribution in [-0.2, 0) is 10.0 Å². The van der Waals surface area contributed by atoms with Gasteiger partial charge in [0.2, 0.25) is 0 Å². The number of pyridine rings is 2. The molecular weight excluding hydrogens is 578 g/mol. The van der Waals surface area contributed by atoms with E-state index in [1.165, 1.54) is 25.2 Å². The van der Waals surface area contributed by atoms with Crippen LogP contribution in [0.25, 0.3) is 22.6 Å². The van der Waals surface area contributed by atoms with Crippen LogP contribution in [0.5, 0.6) is 0 Å². The van der Waals surface area contributed by atoms with Crippen molar-refractivity contribution in [3.05, 3.63) is 55.2 Å². The van der Waals surface area contributed by atoms with Crippen LogP contribution in [-0.4, -0.2) is 72.6 Å². The highest BCUT2D eigenvalue weighted by molar-refractivity contribution is 7.90. The molecule has 0 atom stereocenters. The molecule has 0 bridgehead atoms. The number of anilines is 4. The van der Waals surface area contributed by atoms with Crippen LogP contribution in [0.2, 0.25) is 0 Å². The molecule has 5 heterocycles. The van der Waals surface area contributed by atoms with Crippen molar-refractivity contribution in [2.45, 2.75) is 75.2 Å². The number of rotatable bonds is 9. The van der Waals surface area contributed by atoms with E-state index >= 15 is 0 Å². The highest BCUT2D eigenvalue weighted by Gasteiger charge is 2.37. The lowest BCUT2D eigenvalue weighted by atomic mass is 9.83. The van der Waals surface area contributed by atoms with E-state index in [-0.39, 0.29) is 11.3 Å². The van der Waals surface area contributed by atoms with Crippen LogP contribution < -0.4 is 15.5 Å². The van der Waals surface area contributed by atoms with E-state index in [2.05, 4.69) is 42.7 Å². The normalized spacial score (nSPS) is 22.2. The topological polar surface area (TPSA) is 151 Å². The Bertz CT molecular complexity index is 1740. The lowest BCUT2D eigenvalue weighted by Gasteiger charge is -2.34. The first-order valence-corrected chi connectivity index (χ1v) is 16.8. The Hall–Kier alpha value is -4.10. The summed E-state index contributed by atoms with van der Waals surface area (Å²) in [6.07, 6.45) is 15.2. The van der Waals surface area contributed by atoms with E-state index < -0.39 is 15.6 Å². The molecule has 1 aliphatic heterocycles. The summed E-state index contributed by atoms with van der Waals surface area (Å²) in [5, 5.41) is 21.2. The third-order valence-electron chi connectivity index (χ3n) is 8.76. The molecule has 7 rings (SSSR count). The molecule has 0 unspecified atom stereocenters. The smallest absolute Gasteiger partial charge is 0.256 e. The summed E-state index contributed by atoms with van der Waals surface area (Å²) in [7, 11) is -3.47. The van der Waals surface area contributed by atoms with E-state index in [4.69, 9.17) is 9.97 Å². The van der Waals surface area contributed by atoms with Gasteiger partial charge in [0, 0.05) is 48.8 Å². The maximum atomic E-state index is 12.6. The van der Waals surface area contributed by atoms with E-state index in [9.17, 15) is 13.5 Å². The fourth-order valence-electron chi connectivity index (χ4n) is 5.94. The molecule has 44 heavy (non-hydrogen) atoms. The van der Waals surface area contributed by atoms with Gasteiger partial charge in [0.1, 0.15) is 11.6 Å². The summed E-state index contributed by atoms with van der Waals surface area (Å²) in [4.78, 5) is 20.8. The van der Waals surface area contributed by atoms with Crippen molar-refractivity contribution in [2.24, 2.45) is 0 Å². The second kappa shape index (κ2) is 11.4. The third-order valence-corrected chi connectivity index (χ3v) is 10.8. The van der Waals surface area contributed by atoms with E-state index in [0.717, 1.165) is 65.5 Å². The monoisotopic (exact) mass is 615 g/mol. The van der Waals surface area contributed by atoms with Crippen molar-refractivity contribution in [3.63, 3.8) is 0 Å². The van der Waals surface area contributed by atoms with Crippen molar-refractivity contribution in [1.29, 1.82) is 0 Å². The molecule has 13 heteroatoms. The molecule has 0 radical (unpaired) electrons. The minimum atomic E-state index is -3.47. The molecule has 3 fully saturated rings. The van der Waals surface area contributed by atoms with Gasteiger partial charge in [0.25, 0.3) is 10.0 Å². The summed E-state index contributed by atoms with van der Waals surface area (Å²) in [6.45, 7) is 4.03. The van der Waals surface area contributed by atoms with Gasteiger partial charge in [-0.2, -0.15) is 9.19 Å². The Labute approximate surface area is 257 Å². The van der Waals surface area contributed by atoms with Crippen molar-refractivity contribution in [3.8, 4) is 22.6 Å². The first-order valence-electron chi connectivity index (χ1n) is 15.3. The minimum absolute atomic E-state index is 0.210. The second-order valence-corrected chi connectivity index (χ2v) is 14.4. The molecule has 1 saturated heterocycles. The van der Waals surface area contributed by atoms with Gasteiger partial charge in [-0.25, -0.2) is 23.4 Å². The van der Waals surface area contributed by atoms with E-state index in [0.29, 0.717) is 35.9 Å². The first-order chi connectivity index (χ1) is 21.2. The Morgan fingerprint density at radius 3 is 2.48 bits per heavy atom. The van der Waals surface area contributed by atoms with Crippen molar-refractivity contribution in [1.82, 2.24) is 29.1 Å². The maximum absolute atomic E-state index is 12.6. The molecule has 0 spiro atoms. The first kappa shape index (κ1) is 28.7. The SMILES string of the molecule is CC1(O)CCC(Nc2cc(Nc3ccnc(-c4cnn(S(=O)(=O)C5CC5)c4)n3)ncc2-c2ccc(N3CCCC3)cn2)CC1. The van der Waals surface area contributed by atoms with Gasteiger partial charge in [-0.05, 0) is 76.5 Å². The summed E-state index contributed by atoms with van der Waals surface area (Å²) in [6, 6.07) is 8.08. The zero-order valence-corrected chi connectivity index (χ0v) is 25.5. The quantitative estimate of drug-likeness (QED) is 0.243. The van der Waals surface area contributed by atoms with Crippen LogP contribution in [0.3, 0.4) is 0 Å². The number of hydrogen-bond donors (Lipinski definition) is 3. The van der Waals surface area contributed by atoms with E-state index in [1.54, 1.807) is 12.3 Å². The molecule has 2 aliphatic carbocycles. The number of hydrogen-bond acceptors (Lipinski definition) is 11. The lowest BCUT2D eigenvalue weighted by Crippen LogP contribution is -2.35. The third kappa shape index (κ3) is 6.11. The zero-order chi connectivity index (χ0) is 30.3. The minimum Gasteiger partial charge on any atom is -0.390 e. The summed E-state index contributed by atoms with van der Waals surface area (Å²) < 4.78 is 26.2. The van der Waals surface area contributed by atoms with Crippen LogP contribution in [0.1, 0.15) is 58.3 Å². The van der Waals surface area contributed by atoms with Crippen molar-refractivity contribution in [2.75, 3.05) is 28.6 Å². The molecule has 230 valence electrons. The van der Waals surface area contributed by atoms with Gasteiger partial charge in [0.05, 0.1) is 46.4 Å². The summed E-state index contributed by atoms with van der Waals surface area (Å²) in [5.41, 5.74) is 3.66.